The van der Waals surface area contributed by atoms with Crippen molar-refractivity contribution in [1.29, 1.82) is 0 Å². The minimum atomic E-state index is -4.52. The summed E-state index contributed by atoms with van der Waals surface area (Å²) in [5.74, 6) is 1.19. The molecule has 0 saturated carbocycles. The van der Waals surface area contributed by atoms with E-state index in [1.165, 1.54) is 16.2 Å². The van der Waals surface area contributed by atoms with Crippen LogP contribution in [0.4, 0.5) is 19.0 Å². The van der Waals surface area contributed by atoms with Gasteiger partial charge in [-0.1, -0.05) is 24.3 Å². The van der Waals surface area contributed by atoms with Gasteiger partial charge in [0, 0.05) is 38.2 Å². The largest absolute Gasteiger partial charge is 0.434 e. The molecule has 0 atom stereocenters. The van der Waals surface area contributed by atoms with E-state index in [9.17, 15) is 18.0 Å². The fourth-order valence-corrected chi connectivity index (χ4v) is 4.15. The van der Waals surface area contributed by atoms with Crippen molar-refractivity contribution in [3.8, 4) is 22.8 Å². The average molecular weight is 539 g/mol. The van der Waals surface area contributed by atoms with Gasteiger partial charge in [-0.15, -0.1) is 0 Å². The molecule has 5 aromatic rings. The van der Waals surface area contributed by atoms with Crippen molar-refractivity contribution in [3.63, 3.8) is 0 Å². The lowest BCUT2D eigenvalue weighted by atomic mass is 10.1. The Bertz CT molecular complexity index is 1650. The number of anilines is 1. The summed E-state index contributed by atoms with van der Waals surface area (Å²) >= 11 is 0. The number of ether oxygens (including phenoxy) is 1. The summed E-state index contributed by atoms with van der Waals surface area (Å²) in [6, 6.07) is 10.5. The number of aromatic nitrogens is 7. The second-order valence-corrected chi connectivity index (χ2v) is 8.73. The summed E-state index contributed by atoms with van der Waals surface area (Å²) in [5, 5.41) is 3.22. The molecule has 10 nitrogen and oxygen atoms in total. The van der Waals surface area contributed by atoms with Crippen LogP contribution in [0.1, 0.15) is 18.2 Å². The number of fused-ring (bicyclic) bond motifs is 1. The molecule has 0 aliphatic carbocycles. The van der Waals surface area contributed by atoms with Crippen molar-refractivity contribution in [2.75, 3.05) is 25.1 Å². The smallest absolute Gasteiger partial charge is 0.380 e. The summed E-state index contributed by atoms with van der Waals surface area (Å²) in [6.45, 7) is 3.81. The van der Waals surface area contributed by atoms with Crippen LogP contribution in [0.2, 0.25) is 0 Å². The van der Waals surface area contributed by atoms with E-state index in [1.54, 1.807) is 42.7 Å². The molecule has 0 fully saturated rings. The molecule has 4 heterocycles. The summed E-state index contributed by atoms with van der Waals surface area (Å²) in [5.41, 5.74) is 1.53. The van der Waals surface area contributed by atoms with E-state index in [-0.39, 0.29) is 18.1 Å². The molecule has 0 aliphatic rings. The molecule has 5 rings (SSSR count). The van der Waals surface area contributed by atoms with Crippen molar-refractivity contribution in [2.24, 2.45) is 7.05 Å². The number of imidazole rings is 2. The van der Waals surface area contributed by atoms with Crippen molar-refractivity contribution in [2.45, 2.75) is 19.6 Å². The fourth-order valence-electron chi connectivity index (χ4n) is 4.15. The van der Waals surface area contributed by atoms with Crippen LogP contribution in [0.15, 0.2) is 59.8 Å². The van der Waals surface area contributed by atoms with Crippen LogP contribution in [0.3, 0.4) is 0 Å². The first-order chi connectivity index (χ1) is 18.7. The normalized spacial score (nSPS) is 11.8. The maximum Gasteiger partial charge on any atom is 0.434 e. The van der Waals surface area contributed by atoms with E-state index in [0.29, 0.717) is 53.7 Å². The number of nitrogens with one attached hydrogen (secondary N) is 2. The molecule has 202 valence electrons. The van der Waals surface area contributed by atoms with E-state index in [1.807, 2.05) is 13.0 Å². The van der Waals surface area contributed by atoms with Gasteiger partial charge in [-0.05, 0) is 24.6 Å². The highest BCUT2D eigenvalue weighted by atomic mass is 19.4. The molecule has 0 aliphatic heterocycles. The number of H-pyrrole nitrogens is 1. The number of rotatable bonds is 9. The number of hydrogen-bond acceptors (Lipinski definition) is 7. The molecule has 0 radical (unpaired) electrons. The summed E-state index contributed by atoms with van der Waals surface area (Å²) in [4.78, 5) is 32.7. The van der Waals surface area contributed by atoms with Gasteiger partial charge in [0.05, 0.1) is 24.9 Å². The van der Waals surface area contributed by atoms with Crippen molar-refractivity contribution in [3.05, 3.63) is 76.7 Å². The number of aromatic amines is 1. The summed E-state index contributed by atoms with van der Waals surface area (Å²) < 4.78 is 47.3. The Labute approximate surface area is 220 Å². The van der Waals surface area contributed by atoms with E-state index < -0.39 is 11.9 Å². The zero-order chi connectivity index (χ0) is 27.6. The molecular weight excluding hydrogens is 513 g/mol. The molecule has 4 aromatic heterocycles. The van der Waals surface area contributed by atoms with Gasteiger partial charge < -0.3 is 19.6 Å². The van der Waals surface area contributed by atoms with E-state index >= 15 is 0 Å². The van der Waals surface area contributed by atoms with Gasteiger partial charge in [-0.2, -0.15) is 13.2 Å². The molecule has 2 N–H and O–H groups in total. The van der Waals surface area contributed by atoms with Crippen molar-refractivity contribution < 1.29 is 17.9 Å². The minimum absolute atomic E-state index is 0.191. The van der Waals surface area contributed by atoms with Gasteiger partial charge in [0.2, 0.25) is 0 Å². The quantitative estimate of drug-likeness (QED) is 0.272. The summed E-state index contributed by atoms with van der Waals surface area (Å²) in [7, 11) is 1.51. The molecule has 0 bridgehead atoms. The lowest BCUT2D eigenvalue weighted by Crippen LogP contribution is -2.17. The number of pyridine rings is 1. The van der Waals surface area contributed by atoms with Gasteiger partial charge in [0.1, 0.15) is 17.2 Å². The third-order valence-electron chi connectivity index (χ3n) is 6.02. The molecule has 0 spiro atoms. The Kier molecular flexibility index (Phi) is 7.15. The fraction of sp³-hybridized carbons (Fsp3) is 0.269. The number of benzene rings is 1. The van der Waals surface area contributed by atoms with Crippen LogP contribution < -0.4 is 11.0 Å². The maximum atomic E-state index is 13.0. The van der Waals surface area contributed by atoms with Gasteiger partial charge in [-0.25, -0.2) is 24.7 Å². The number of hydrogen-bond donors (Lipinski definition) is 2. The summed E-state index contributed by atoms with van der Waals surface area (Å²) in [6.07, 6.45) is -0.359. The van der Waals surface area contributed by atoms with Gasteiger partial charge in [-0.3, -0.25) is 4.57 Å². The maximum absolute atomic E-state index is 13.0. The molecule has 0 unspecified atom stereocenters. The van der Waals surface area contributed by atoms with Gasteiger partial charge >= 0.3 is 11.9 Å². The van der Waals surface area contributed by atoms with Crippen LogP contribution in [0.5, 0.6) is 0 Å². The molecule has 1 aromatic carbocycles. The number of halogens is 3. The molecule has 39 heavy (non-hydrogen) atoms. The van der Waals surface area contributed by atoms with Gasteiger partial charge in [0.25, 0.3) is 0 Å². The first-order valence-electron chi connectivity index (χ1n) is 12.2. The second kappa shape index (κ2) is 10.7. The molecule has 0 saturated heterocycles. The topological polar surface area (TPSA) is 116 Å². The SMILES string of the molecule is CCOCCNc1ncccc1-c1ncc2[nH]c(=O)n(Cc3ccc(-c4nc(C(F)(F)F)cn4C)cc3)c2n1. The monoisotopic (exact) mass is 538 g/mol. The lowest BCUT2D eigenvalue weighted by molar-refractivity contribution is -0.140. The Hall–Kier alpha value is -4.52. The highest BCUT2D eigenvalue weighted by molar-refractivity contribution is 5.76. The van der Waals surface area contributed by atoms with Gasteiger partial charge in [0.15, 0.2) is 17.2 Å². The second-order valence-electron chi connectivity index (χ2n) is 8.73. The zero-order valence-electron chi connectivity index (χ0n) is 21.2. The predicted molar refractivity (Wildman–Crippen MR) is 139 cm³/mol. The van der Waals surface area contributed by atoms with E-state index in [4.69, 9.17) is 4.74 Å². The van der Waals surface area contributed by atoms with Crippen molar-refractivity contribution >= 4 is 17.0 Å². The van der Waals surface area contributed by atoms with Crippen LogP contribution >= 0.6 is 0 Å². The third kappa shape index (κ3) is 5.53. The van der Waals surface area contributed by atoms with Crippen LogP contribution in [0, 0.1) is 0 Å². The van der Waals surface area contributed by atoms with E-state index in [2.05, 4.69) is 30.2 Å². The third-order valence-corrected chi connectivity index (χ3v) is 6.02. The van der Waals surface area contributed by atoms with Crippen LogP contribution in [0.25, 0.3) is 33.9 Å². The standard InChI is InChI=1S/C26H25F3N8O2/c1-3-39-12-11-31-21-18(5-4-10-30-21)22-32-13-19-24(35-22)37(25(38)33-19)14-16-6-8-17(9-7-16)23-34-20(15-36(23)2)26(27,28)29/h4-10,13,15H,3,11-12,14H2,1-2H3,(H,30,31)(H,33,38). The van der Waals surface area contributed by atoms with Crippen LogP contribution in [-0.4, -0.2) is 53.8 Å². The molecule has 13 heteroatoms. The van der Waals surface area contributed by atoms with E-state index in [0.717, 1.165) is 11.8 Å². The van der Waals surface area contributed by atoms with Crippen molar-refractivity contribution in [1.82, 2.24) is 34.1 Å². The highest BCUT2D eigenvalue weighted by Gasteiger charge is 2.34. The Morgan fingerprint density at radius 2 is 1.90 bits per heavy atom. The highest BCUT2D eigenvalue weighted by Crippen LogP contribution is 2.31. The first-order valence-corrected chi connectivity index (χ1v) is 12.2. The Balaban J connectivity index is 1.42. The number of nitrogens with zero attached hydrogens (tertiary/aromatic N) is 6. The zero-order valence-corrected chi connectivity index (χ0v) is 21.2. The minimum Gasteiger partial charge on any atom is -0.380 e. The van der Waals surface area contributed by atoms with Crippen LogP contribution in [-0.2, 0) is 24.5 Å². The first kappa shape index (κ1) is 26.1. The Morgan fingerprint density at radius 1 is 1.10 bits per heavy atom. The number of alkyl halides is 3. The Morgan fingerprint density at radius 3 is 2.62 bits per heavy atom. The lowest BCUT2D eigenvalue weighted by Gasteiger charge is -2.10. The molecular formula is C26H25F3N8O2. The number of aryl methyl sites for hydroxylation is 1. The predicted octanol–water partition coefficient (Wildman–Crippen LogP) is 4.10. The molecule has 0 amide bonds. The average Bonchev–Trinajstić information content (AvgIpc) is 3.46.